The minimum absolute atomic E-state index is 0.0156. The molecule has 13 nitrogen and oxygen atoms in total. The molecule has 0 amide bonds. The number of nitrogen functional groups attached to an aromatic ring is 1. The minimum atomic E-state index is -0.734. The lowest BCUT2D eigenvalue weighted by molar-refractivity contribution is 0.0586. The van der Waals surface area contributed by atoms with Gasteiger partial charge in [-0.05, 0) is 18.2 Å². The van der Waals surface area contributed by atoms with Gasteiger partial charge in [-0.15, -0.1) is 0 Å². The molecule has 0 aliphatic carbocycles. The van der Waals surface area contributed by atoms with E-state index < -0.39 is 11.6 Å². The van der Waals surface area contributed by atoms with Crippen LogP contribution in [0.3, 0.4) is 0 Å². The Labute approximate surface area is 250 Å². The summed E-state index contributed by atoms with van der Waals surface area (Å²) in [6, 6.07) is 7.67. The normalized spacial score (nSPS) is 18.1. The lowest BCUT2D eigenvalue weighted by atomic mass is 10.2. The maximum absolute atomic E-state index is 14.8. The van der Waals surface area contributed by atoms with Gasteiger partial charge in [0.15, 0.2) is 23.0 Å². The van der Waals surface area contributed by atoms with Crippen molar-refractivity contribution in [1.82, 2.24) is 33.9 Å². The maximum atomic E-state index is 14.8. The van der Waals surface area contributed by atoms with Crippen LogP contribution in [-0.2, 0) is 18.3 Å². The number of imidazole rings is 1. The van der Waals surface area contributed by atoms with E-state index in [0.717, 1.165) is 6.07 Å². The van der Waals surface area contributed by atoms with Gasteiger partial charge in [0.25, 0.3) is 0 Å². The van der Waals surface area contributed by atoms with Crippen LogP contribution in [0.25, 0.3) is 28.1 Å². The van der Waals surface area contributed by atoms with Crippen molar-refractivity contribution in [1.29, 1.82) is 0 Å². The number of nitrogens with two attached hydrogens (primary N) is 1. The summed E-state index contributed by atoms with van der Waals surface area (Å²) in [5.74, 6) is -0.606. The van der Waals surface area contributed by atoms with E-state index >= 15 is 0 Å². The third kappa shape index (κ3) is 5.16. The van der Waals surface area contributed by atoms with Gasteiger partial charge in [-0.2, -0.15) is 14.6 Å². The van der Waals surface area contributed by atoms with Crippen molar-refractivity contribution in [2.45, 2.75) is 12.6 Å². The monoisotopic (exact) mass is 609 g/mol. The van der Waals surface area contributed by atoms with Gasteiger partial charge < -0.3 is 29.8 Å². The van der Waals surface area contributed by atoms with Gasteiger partial charge in [-0.3, -0.25) is 14.0 Å². The van der Waals surface area contributed by atoms with Gasteiger partial charge in [0, 0.05) is 65.0 Å². The zero-order valence-corrected chi connectivity index (χ0v) is 24.2. The SMILES string of the molecule is Cn1c(=O)n(CCN2CCN(c3cc(OCC4COCCN4)c(F)cc3F)CC2)c2nc(N)n3nc(-c4ccco4)cc3c21. The van der Waals surface area contributed by atoms with Crippen molar-refractivity contribution in [2.75, 3.05) is 69.7 Å². The highest BCUT2D eigenvalue weighted by molar-refractivity contribution is 5.91. The van der Waals surface area contributed by atoms with E-state index in [1.165, 1.54) is 10.6 Å². The Morgan fingerprint density at radius 1 is 1.14 bits per heavy atom. The first-order valence-corrected chi connectivity index (χ1v) is 14.6. The number of nitrogens with zero attached hydrogens (tertiary/aromatic N) is 7. The number of rotatable bonds is 8. The third-order valence-corrected chi connectivity index (χ3v) is 8.28. The molecule has 2 saturated heterocycles. The summed E-state index contributed by atoms with van der Waals surface area (Å²) in [7, 11) is 1.70. The number of hydrogen-bond acceptors (Lipinski definition) is 10. The molecule has 2 aliphatic rings. The lowest BCUT2D eigenvalue weighted by Crippen LogP contribution is -2.48. The minimum Gasteiger partial charge on any atom is -0.489 e. The number of furan rings is 1. The molecule has 5 aromatic rings. The summed E-state index contributed by atoms with van der Waals surface area (Å²) in [5, 5.41) is 7.77. The molecule has 4 aromatic heterocycles. The van der Waals surface area contributed by atoms with Crippen molar-refractivity contribution in [3.8, 4) is 17.2 Å². The van der Waals surface area contributed by atoms with Gasteiger partial charge in [-0.25, -0.2) is 13.6 Å². The van der Waals surface area contributed by atoms with Crippen LogP contribution in [0.1, 0.15) is 0 Å². The summed E-state index contributed by atoms with van der Waals surface area (Å²) in [4.78, 5) is 21.9. The molecule has 15 heteroatoms. The van der Waals surface area contributed by atoms with Crippen molar-refractivity contribution < 1.29 is 22.7 Å². The zero-order valence-electron chi connectivity index (χ0n) is 24.2. The fraction of sp³-hybridized carbons (Fsp3) is 0.414. The predicted octanol–water partition coefficient (Wildman–Crippen LogP) is 1.69. The molecule has 0 bridgehead atoms. The quantitative estimate of drug-likeness (QED) is 0.268. The van der Waals surface area contributed by atoms with Crippen LogP contribution in [0.5, 0.6) is 5.75 Å². The number of piperazine rings is 1. The van der Waals surface area contributed by atoms with E-state index in [2.05, 4.69) is 20.3 Å². The zero-order chi connectivity index (χ0) is 30.4. The van der Waals surface area contributed by atoms with Crippen LogP contribution in [0.4, 0.5) is 20.4 Å². The number of aromatic nitrogens is 5. The molecule has 232 valence electrons. The maximum Gasteiger partial charge on any atom is 0.330 e. The molecule has 0 spiro atoms. The fourth-order valence-corrected chi connectivity index (χ4v) is 5.91. The molecule has 0 saturated carbocycles. The second kappa shape index (κ2) is 11.6. The number of anilines is 2. The van der Waals surface area contributed by atoms with Gasteiger partial charge in [0.2, 0.25) is 5.95 Å². The molecule has 2 aliphatic heterocycles. The summed E-state index contributed by atoms with van der Waals surface area (Å²) < 4.78 is 50.6. The molecule has 3 N–H and O–H groups in total. The highest BCUT2D eigenvalue weighted by atomic mass is 19.1. The summed E-state index contributed by atoms with van der Waals surface area (Å²) in [5.41, 5.74) is 8.69. The van der Waals surface area contributed by atoms with E-state index in [-0.39, 0.29) is 30.0 Å². The number of benzene rings is 1. The van der Waals surface area contributed by atoms with E-state index in [0.29, 0.717) is 92.8 Å². The molecular formula is C29H33F2N9O4. The lowest BCUT2D eigenvalue weighted by Gasteiger charge is -2.36. The van der Waals surface area contributed by atoms with Gasteiger partial charge >= 0.3 is 5.69 Å². The van der Waals surface area contributed by atoms with Crippen LogP contribution < -0.4 is 26.4 Å². The van der Waals surface area contributed by atoms with Gasteiger partial charge in [-0.1, -0.05) is 0 Å². The summed E-state index contributed by atoms with van der Waals surface area (Å²) in [6.45, 7) is 5.32. The number of hydrogen-bond donors (Lipinski definition) is 2. The Hall–Kier alpha value is -4.47. The molecule has 2 fully saturated rings. The van der Waals surface area contributed by atoms with E-state index in [1.807, 2.05) is 11.0 Å². The summed E-state index contributed by atoms with van der Waals surface area (Å²) in [6.07, 6.45) is 1.57. The number of halogens is 2. The largest absolute Gasteiger partial charge is 0.489 e. The van der Waals surface area contributed by atoms with Gasteiger partial charge in [0.05, 0.1) is 36.7 Å². The van der Waals surface area contributed by atoms with E-state index in [1.54, 1.807) is 34.6 Å². The van der Waals surface area contributed by atoms with E-state index in [4.69, 9.17) is 19.6 Å². The fourth-order valence-electron chi connectivity index (χ4n) is 5.91. The van der Waals surface area contributed by atoms with Crippen LogP contribution in [0, 0.1) is 11.6 Å². The first-order chi connectivity index (χ1) is 21.4. The Morgan fingerprint density at radius 3 is 2.73 bits per heavy atom. The van der Waals surface area contributed by atoms with Crippen molar-refractivity contribution in [2.24, 2.45) is 7.05 Å². The second-order valence-electron chi connectivity index (χ2n) is 11.0. The smallest absolute Gasteiger partial charge is 0.330 e. The standard InChI is InChI=1S/C29H33F2N9O4/c1-36-26-23-14-21(24-3-2-11-43-24)35-40(23)28(32)34-27(26)39(29(36)41)10-7-37-5-8-38(9-6-37)22-15-25(20(31)13-19(22)30)44-17-18-16-42-12-4-33-18/h2-3,11,13-15,18,33H,4-10,12,16-17H2,1H3,(H2,32,34). The molecule has 44 heavy (non-hydrogen) atoms. The molecule has 6 heterocycles. The average molecular weight is 610 g/mol. The van der Waals surface area contributed by atoms with Gasteiger partial charge in [0.1, 0.15) is 23.6 Å². The first kappa shape index (κ1) is 28.3. The van der Waals surface area contributed by atoms with Crippen molar-refractivity contribution >= 4 is 28.3 Å². The molecule has 1 atom stereocenters. The van der Waals surface area contributed by atoms with Crippen LogP contribution in [0.2, 0.25) is 0 Å². The molecular weight excluding hydrogens is 576 g/mol. The number of nitrogens with one attached hydrogen (secondary N) is 1. The predicted molar refractivity (Wildman–Crippen MR) is 159 cm³/mol. The topological polar surface area (TPSA) is 133 Å². The highest BCUT2D eigenvalue weighted by Crippen LogP contribution is 2.30. The Kier molecular flexibility index (Phi) is 7.43. The van der Waals surface area contributed by atoms with Crippen LogP contribution in [0.15, 0.2) is 45.8 Å². The van der Waals surface area contributed by atoms with Crippen LogP contribution >= 0.6 is 0 Å². The Morgan fingerprint density at radius 2 is 1.98 bits per heavy atom. The second-order valence-corrected chi connectivity index (χ2v) is 11.0. The summed E-state index contributed by atoms with van der Waals surface area (Å²) >= 11 is 0. The first-order valence-electron chi connectivity index (χ1n) is 14.6. The highest BCUT2D eigenvalue weighted by Gasteiger charge is 2.24. The van der Waals surface area contributed by atoms with E-state index in [9.17, 15) is 13.6 Å². The van der Waals surface area contributed by atoms with Crippen molar-refractivity contribution in [3.05, 3.63) is 58.7 Å². The number of fused-ring (bicyclic) bond motifs is 3. The Balaban J connectivity index is 1.04. The third-order valence-electron chi connectivity index (χ3n) is 8.28. The average Bonchev–Trinajstić information content (AvgIpc) is 3.77. The van der Waals surface area contributed by atoms with Crippen LogP contribution in [-0.4, -0.2) is 93.8 Å². The molecule has 1 aromatic carbocycles. The number of morpholine rings is 1. The number of ether oxygens (including phenoxy) is 2. The molecule has 1 unspecified atom stereocenters. The number of aryl methyl sites for hydroxylation is 1. The molecule has 0 radical (unpaired) electrons. The Bertz CT molecular complexity index is 1850. The van der Waals surface area contributed by atoms with Crippen molar-refractivity contribution in [3.63, 3.8) is 0 Å². The molecule has 7 rings (SSSR count).